The zero-order valence-corrected chi connectivity index (χ0v) is 17.4. The smallest absolute Gasteiger partial charge is 0.258 e. The number of carbonyl (C=O) groups is 1. The van der Waals surface area contributed by atoms with Crippen molar-refractivity contribution in [2.24, 2.45) is 0 Å². The molecular formula is C21H29N5OS. The van der Waals surface area contributed by atoms with E-state index >= 15 is 0 Å². The van der Waals surface area contributed by atoms with Gasteiger partial charge in [0.1, 0.15) is 0 Å². The lowest BCUT2D eigenvalue weighted by Crippen LogP contribution is -2.13. The maximum atomic E-state index is 12.3. The Hall–Kier alpha value is -2.46. The number of amides is 1. The lowest BCUT2D eigenvalue weighted by molar-refractivity contribution is 0.102. The van der Waals surface area contributed by atoms with Gasteiger partial charge in [-0.15, -0.1) is 10.2 Å². The van der Waals surface area contributed by atoms with Crippen LogP contribution in [0.3, 0.4) is 0 Å². The molecule has 0 atom stereocenters. The molecule has 150 valence electrons. The lowest BCUT2D eigenvalue weighted by atomic mass is 10.1. The van der Waals surface area contributed by atoms with Crippen LogP contribution in [-0.4, -0.2) is 22.6 Å². The third-order valence-electron chi connectivity index (χ3n) is 4.49. The highest BCUT2D eigenvalue weighted by Crippen LogP contribution is 2.21. The van der Waals surface area contributed by atoms with Crippen molar-refractivity contribution in [2.75, 3.05) is 17.2 Å². The van der Waals surface area contributed by atoms with Crippen molar-refractivity contribution >= 4 is 27.5 Å². The van der Waals surface area contributed by atoms with Crippen LogP contribution in [0.1, 0.15) is 80.6 Å². The van der Waals surface area contributed by atoms with Crippen LogP contribution in [0.4, 0.5) is 10.3 Å². The molecule has 0 aliphatic rings. The van der Waals surface area contributed by atoms with E-state index in [1.807, 2.05) is 6.07 Å². The molecule has 0 spiro atoms. The van der Waals surface area contributed by atoms with Gasteiger partial charge in [-0.05, 0) is 18.6 Å². The van der Waals surface area contributed by atoms with Crippen molar-refractivity contribution in [3.8, 4) is 6.07 Å². The standard InChI is InChI=1S/C21H29N5OS/c1-2-3-4-5-6-7-8-9-12-15-23-20-25-26-21(28-20)24-19(27)18-14-11-10-13-17(18)16-22/h10-11,13-14H,2-9,12,15H2,1H3,(H,23,25)(H,24,26,27). The molecule has 2 rings (SSSR count). The van der Waals surface area contributed by atoms with Gasteiger partial charge in [-0.3, -0.25) is 10.1 Å². The van der Waals surface area contributed by atoms with Gasteiger partial charge in [-0.2, -0.15) is 5.26 Å². The normalized spacial score (nSPS) is 10.4. The highest BCUT2D eigenvalue weighted by molar-refractivity contribution is 7.19. The fourth-order valence-corrected chi connectivity index (χ4v) is 3.58. The molecule has 2 aromatic rings. The number of benzene rings is 1. The van der Waals surface area contributed by atoms with Gasteiger partial charge < -0.3 is 5.32 Å². The van der Waals surface area contributed by atoms with Gasteiger partial charge in [0.2, 0.25) is 10.3 Å². The molecule has 0 saturated heterocycles. The summed E-state index contributed by atoms with van der Waals surface area (Å²) in [5.41, 5.74) is 0.678. The number of anilines is 2. The summed E-state index contributed by atoms with van der Waals surface area (Å²) in [6.07, 6.45) is 11.7. The Morgan fingerprint density at radius 2 is 1.64 bits per heavy atom. The summed E-state index contributed by atoms with van der Waals surface area (Å²) in [4.78, 5) is 12.3. The summed E-state index contributed by atoms with van der Waals surface area (Å²) >= 11 is 1.30. The van der Waals surface area contributed by atoms with Crippen LogP contribution in [0.15, 0.2) is 24.3 Å². The number of nitrogens with one attached hydrogen (secondary N) is 2. The average molecular weight is 400 g/mol. The van der Waals surface area contributed by atoms with Crippen LogP contribution in [0.5, 0.6) is 0 Å². The summed E-state index contributed by atoms with van der Waals surface area (Å²) in [5, 5.41) is 24.2. The summed E-state index contributed by atoms with van der Waals surface area (Å²) in [6.45, 7) is 3.10. The van der Waals surface area contributed by atoms with Crippen LogP contribution in [-0.2, 0) is 0 Å². The Morgan fingerprint density at radius 3 is 2.36 bits per heavy atom. The molecule has 2 N–H and O–H groups in total. The number of nitriles is 1. The molecule has 0 fully saturated rings. The van der Waals surface area contributed by atoms with E-state index in [0.717, 1.165) is 13.0 Å². The summed E-state index contributed by atoms with van der Waals surface area (Å²) in [6, 6.07) is 8.73. The highest BCUT2D eigenvalue weighted by atomic mass is 32.1. The number of hydrogen-bond donors (Lipinski definition) is 2. The third-order valence-corrected chi connectivity index (χ3v) is 5.29. The van der Waals surface area contributed by atoms with Gasteiger partial charge in [-0.1, -0.05) is 81.8 Å². The predicted octanol–water partition coefficient (Wildman–Crippen LogP) is 5.60. The fraction of sp³-hybridized carbons (Fsp3) is 0.524. The van der Waals surface area contributed by atoms with E-state index in [1.165, 1.54) is 62.7 Å². The zero-order chi connectivity index (χ0) is 20.0. The van der Waals surface area contributed by atoms with Gasteiger partial charge in [0.05, 0.1) is 17.2 Å². The summed E-state index contributed by atoms with van der Waals surface area (Å²) in [5.74, 6) is -0.348. The summed E-state index contributed by atoms with van der Waals surface area (Å²) in [7, 11) is 0. The summed E-state index contributed by atoms with van der Waals surface area (Å²) < 4.78 is 0. The Bertz CT molecular complexity index is 768. The first kappa shape index (κ1) is 21.8. The molecule has 6 nitrogen and oxygen atoms in total. The van der Waals surface area contributed by atoms with E-state index in [4.69, 9.17) is 5.26 Å². The Balaban J connectivity index is 1.63. The van der Waals surface area contributed by atoms with Crippen molar-refractivity contribution in [1.29, 1.82) is 5.26 Å². The molecule has 1 aromatic carbocycles. The first-order chi connectivity index (χ1) is 13.7. The van der Waals surface area contributed by atoms with E-state index in [-0.39, 0.29) is 5.91 Å². The van der Waals surface area contributed by atoms with Gasteiger partial charge in [0.25, 0.3) is 5.91 Å². The topological polar surface area (TPSA) is 90.7 Å². The van der Waals surface area contributed by atoms with Gasteiger partial charge in [0, 0.05) is 6.54 Å². The number of aromatic nitrogens is 2. The molecule has 0 saturated carbocycles. The second kappa shape index (κ2) is 12.8. The Morgan fingerprint density at radius 1 is 1.00 bits per heavy atom. The van der Waals surface area contributed by atoms with E-state index in [1.54, 1.807) is 24.3 Å². The largest absolute Gasteiger partial charge is 0.360 e. The maximum Gasteiger partial charge on any atom is 0.258 e. The van der Waals surface area contributed by atoms with E-state index in [9.17, 15) is 4.79 Å². The van der Waals surface area contributed by atoms with Crippen molar-refractivity contribution in [1.82, 2.24) is 10.2 Å². The number of hydrogen-bond acceptors (Lipinski definition) is 6. The number of carbonyl (C=O) groups excluding carboxylic acids is 1. The third kappa shape index (κ3) is 7.65. The van der Waals surface area contributed by atoms with Crippen molar-refractivity contribution in [3.05, 3.63) is 35.4 Å². The molecule has 28 heavy (non-hydrogen) atoms. The molecule has 0 aliphatic carbocycles. The van der Waals surface area contributed by atoms with E-state index in [0.29, 0.717) is 21.4 Å². The molecular weight excluding hydrogens is 370 g/mol. The zero-order valence-electron chi connectivity index (χ0n) is 16.5. The lowest BCUT2D eigenvalue weighted by Gasteiger charge is -2.03. The molecule has 0 bridgehead atoms. The Labute approximate surface area is 171 Å². The minimum atomic E-state index is -0.348. The molecule has 0 radical (unpaired) electrons. The average Bonchev–Trinajstić information content (AvgIpc) is 3.16. The quantitative estimate of drug-likeness (QED) is 0.428. The molecule has 1 aromatic heterocycles. The van der Waals surface area contributed by atoms with Crippen molar-refractivity contribution in [2.45, 2.75) is 64.7 Å². The highest BCUT2D eigenvalue weighted by Gasteiger charge is 2.13. The van der Waals surface area contributed by atoms with Crippen LogP contribution in [0.25, 0.3) is 0 Å². The number of nitrogens with zero attached hydrogens (tertiary/aromatic N) is 3. The molecule has 0 aliphatic heterocycles. The second-order valence-electron chi connectivity index (χ2n) is 6.78. The number of rotatable bonds is 13. The van der Waals surface area contributed by atoms with Crippen LogP contribution in [0.2, 0.25) is 0 Å². The van der Waals surface area contributed by atoms with Crippen LogP contribution >= 0.6 is 11.3 Å². The first-order valence-corrected chi connectivity index (χ1v) is 10.9. The van der Waals surface area contributed by atoms with E-state index in [2.05, 4.69) is 27.8 Å². The Kier molecular flexibility index (Phi) is 10.0. The molecule has 7 heteroatoms. The molecule has 1 heterocycles. The SMILES string of the molecule is CCCCCCCCCCCNc1nnc(NC(=O)c2ccccc2C#N)s1. The predicted molar refractivity (Wildman–Crippen MR) is 115 cm³/mol. The minimum absolute atomic E-state index is 0.337. The van der Waals surface area contributed by atoms with Crippen LogP contribution in [0, 0.1) is 11.3 Å². The van der Waals surface area contributed by atoms with E-state index < -0.39 is 0 Å². The maximum absolute atomic E-state index is 12.3. The van der Waals surface area contributed by atoms with Gasteiger partial charge >= 0.3 is 0 Å². The monoisotopic (exact) mass is 399 g/mol. The van der Waals surface area contributed by atoms with Crippen LogP contribution < -0.4 is 10.6 Å². The fourth-order valence-electron chi connectivity index (χ4n) is 2.92. The number of unbranched alkanes of at least 4 members (excludes halogenated alkanes) is 8. The molecule has 1 amide bonds. The second-order valence-corrected chi connectivity index (χ2v) is 7.76. The minimum Gasteiger partial charge on any atom is -0.360 e. The molecule has 0 unspecified atom stereocenters. The van der Waals surface area contributed by atoms with Crippen molar-refractivity contribution in [3.63, 3.8) is 0 Å². The first-order valence-electron chi connectivity index (χ1n) is 10.1. The van der Waals surface area contributed by atoms with Gasteiger partial charge in [0.15, 0.2) is 0 Å². The van der Waals surface area contributed by atoms with Crippen molar-refractivity contribution < 1.29 is 4.79 Å². The van der Waals surface area contributed by atoms with Gasteiger partial charge in [-0.25, -0.2) is 0 Å².